The minimum absolute atomic E-state index is 0.370. The zero-order valence-electron chi connectivity index (χ0n) is 9.23. The van der Waals surface area contributed by atoms with E-state index in [0.717, 1.165) is 5.69 Å². The molecule has 0 radical (unpaired) electrons. The van der Waals surface area contributed by atoms with Crippen LogP contribution in [0, 0.1) is 0 Å². The highest BCUT2D eigenvalue weighted by molar-refractivity contribution is 5.74. The van der Waals surface area contributed by atoms with E-state index in [-0.39, 0.29) is 0 Å². The van der Waals surface area contributed by atoms with Crippen LogP contribution in [0.5, 0.6) is 0 Å². The molecule has 1 aromatic heterocycles. The lowest BCUT2D eigenvalue weighted by Gasteiger charge is -2.11. The van der Waals surface area contributed by atoms with Crippen LogP contribution in [0.4, 0.5) is 0 Å². The van der Waals surface area contributed by atoms with E-state index >= 15 is 0 Å². The largest absolute Gasteiger partial charge is 0.479 e. The van der Waals surface area contributed by atoms with Crippen molar-refractivity contribution in [3.05, 3.63) is 17.5 Å². The van der Waals surface area contributed by atoms with Crippen molar-refractivity contribution < 1.29 is 14.6 Å². The third-order valence-corrected chi connectivity index (χ3v) is 2.11. The Morgan fingerprint density at radius 3 is 2.80 bits per heavy atom. The van der Waals surface area contributed by atoms with Crippen molar-refractivity contribution in [1.82, 2.24) is 9.78 Å². The quantitative estimate of drug-likeness (QED) is 0.795. The average Bonchev–Trinajstić information content (AvgIpc) is 2.55. The van der Waals surface area contributed by atoms with Gasteiger partial charge in [-0.1, -0.05) is 6.92 Å². The Hall–Kier alpha value is -1.36. The molecule has 1 aromatic rings. The van der Waals surface area contributed by atoms with E-state index < -0.39 is 12.1 Å². The van der Waals surface area contributed by atoms with Crippen LogP contribution >= 0.6 is 0 Å². The van der Waals surface area contributed by atoms with Gasteiger partial charge in [0.05, 0.1) is 5.69 Å². The highest BCUT2D eigenvalue weighted by atomic mass is 16.5. The number of ether oxygens (including phenoxy) is 1. The maximum atomic E-state index is 11.0. The SMILES string of the molecule is CCOC(C(=O)O)c1cn(C)nc1CC. The molecule has 1 heterocycles. The highest BCUT2D eigenvalue weighted by Gasteiger charge is 2.24. The molecule has 1 rings (SSSR count). The fraction of sp³-hybridized carbons (Fsp3) is 0.600. The number of aliphatic carboxylic acids is 1. The van der Waals surface area contributed by atoms with Crippen molar-refractivity contribution in [2.75, 3.05) is 6.61 Å². The van der Waals surface area contributed by atoms with Crippen LogP contribution in [0.15, 0.2) is 6.20 Å². The number of hydrogen-bond acceptors (Lipinski definition) is 3. The molecule has 0 saturated heterocycles. The molecular formula is C10H16N2O3. The lowest BCUT2D eigenvalue weighted by atomic mass is 10.1. The van der Waals surface area contributed by atoms with Crippen molar-refractivity contribution in [2.24, 2.45) is 7.05 Å². The third-order valence-electron chi connectivity index (χ3n) is 2.11. The van der Waals surface area contributed by atoms with Crippen LogP contribution in [0.2, 0.25) is 0 Å². The predicted molar refractivity (Wildman–Crippen MR) is 54.6 cm³/mol. The summed E-state index contributed by atoms with van der Waals surface area (Å²) in [5, 5.41) is 13.2. The van der Waals surface area contributed by atoms with Crippen molar-refractivity contribution in [3.8, 4) is 0 Å². The first-order chi connectivity index (χ1) is 7.10. The predicted octanol–water partition coefficient (Wildman–Crippen LogP) is 1.14. The number of carboxylic acids is 1. The molecule has 0 saturated carbocycles. The normalized spacial score (nSPS) is 12.7. The van der Waals surface area contributed by atoms with Gasteiger partial charge in [-0.15, -0.1) is 0 Å². The van der Waals surface area contributed by atoms with E-state index in [1.807, 2.05) is 6.92 Å². The third kappa shape index (κ3) is 2.56. The molecule has 0 aromatic carbocycles. The fourth-order valence-corrected chi connectivity index (χ4v) is 1.51. The maximum Gasteiger partial charge on any atom is 0.337 e. The smallest absolute Gasteiger partial charge is 0.337 e. The Morgan fingerprint density at radius 2 is 2.33 bits per heavy atom. The Labute approximate surface area is 88.7 Å². The number of carboxylic acid groups (broad SMARTS) is 1. The molecule has 1 N–H and O–H groups in total. The highest BCUT2D eigenvalue weighted by Crippen LogP contribution is 2.21. The van der Waals surface area contributed by atoms with Gasteiger partial charge in [0.2, 0.25) is 0 Å². The number of rotatable bonds is 5. The summed E-state index contributed by atoms with van der Waals surface area (Å²) in [7, 11) is 1.77. The second-order valence-electron chi connectivity index (χ2n) is 3.23. The lowest BCUT2D eigenvalue weighted by Crippen LogP contribution is -2.16. The Balaban J connectivity index is 3.03. The lowest BCUT2D eigenvalue weighted by molar-refractivity contribution is -0.150. The van der Waals surface area contributed by atoms with Crippen molar-refractivity contribution in [1.29, 1.82) is 0 Å². The van der Waals surface area contributed by atoms with E-state index in [2.05, 4.69) is 5.10 Å². The monoisotopic (exact) mass is 212 g/mol. The van der Waals surface area contributed by atoms with E-state index in [1.54, 1.807) is 24.9 Å². The number of carbonyl (C=O) groups is 1. The van der Waals surface area contributed by atoms with Gasteiger partial charge in [-0.2, -0.15) is 5.10 Å². The van der Waals surface area contributed by atoms with E-state index in [1.165, 1.54) is 0 Å². The van der Waals surface area contributed by atoms with Gasteiger partial charge >= 0.3 is 5.97 Å². The number of aryl methyl sites for hydroxylation is 2. The average molecular weight is 212 g/mol. The van der Waals surface area contributed by atoms with Crippen molar-refractivity contribution in [3.63, 3.8) is 0 Å². The van der Waals surface area contributed by atoms with Crippen LogP contribution < -0.4 is 0 Å². The van der Waals surface area contributed by atoms with Gasteiger partial charge < -0.3 is 9.84 Å². The molecule has 1 atom stereocenters. The minimum atomic E-state index is -0.973. The van der Waals surface area contributed by atoms with Crippen LogP contribution in [0.25, 0.3) is 0 Å². The van der Waals surface area contributed by atoms with E-state index in [9.17, 15) is 4.79 Å². The first-order valence-corrected chi connectivity index (χ1v) is 4.96. The molecule has 0 aliphatic carbocycles. The minimum Gasteiger partial charge on any atom is -0.479 e. The van der Waals surface area contributed by atoms with Gasteiger partial charge in [0.15, 0.2) is 6.10 Å². The summed E-state index contributed by atoms with van der Waals surface area (Å²) in [6.07, 6.45) is 1.50. The van der Waals surface area contributed by atoms with Gasteiger partial charge in [0.1, 0.15) is 0 Å². The van der Waals surface area contributed by atoms with Gasteiger partial charge in [-0.05, 0) is 13.3 Å². The molecular weight excluding hydrogens is 196 g/mol. The Morgan fingerprint density at radius 1 is 1.67 bits per heavy atom. The molecule has 84 valence electrons. The second kappa shape index (κ2) is 4.93. The molecule has 5 heteroatoms. The summed E-state index contributed by atoms with van der Waals surface area (Å²) < 4.78 is 6.81. The summed E-state index contributed by atoms with van der Waals surface area (Å²) in [4.78, 5) is 11.0. The first kappa shape index (κ1) is 11.7. The van der Waals surface area contributed by atoms with Gasteiger partial charge in [0.25, 0.3) is 0 Å². The molecule has 0 aliphatic heterocycles. The number of hydrogen-bond donors (Lipinski definition) is 1. The van der Waals surface area contributed by atoms with Crippen LogP contribution in [0.3, 0.4) is 0 Å². The van der Waals surface area contributed by atoms with Crippen molar-refractivity contribution >= 4 is 5.97 Å². The summed E-state index contributed by atoms with van der Waals surface area (Å²) in [6.45, 7) is 4.09. The van der Waals surface area contributed by atoms with Crippen molar-refractivity contribution in [2.45, 2.75) is 26.4 Å². The van der Waals surface area contributed by atoms with Gasteiger partial charge in [-0.3, -0.25) is 4.68 Å². The van der Waals surface area contributed by atoms with Crippen LogP contribution in [0.1, 0.15) is 31.2 Å². The molecule has 0 spiro atoms. The molecule has 0 fully saturated rings. The van der Waals surface area contributed by atoms with E-state index in [4.69, 9.17) is 9.84 Å². The van der Waals surface area contributed by atoms with Gasteiger partial charge in [0, 0.05) is 25.4 Å². The standard InChI is InChI=1S/C10H16N2O3/c1-4-8-7(6-12(3)11-8)9(10(13)14)15-5-2/h6,9H,4-5H2,1-3H3,(H,13,14). The summed E-state index contributed by atoms with van der Waals surface area (Å²) in [5.74, 6) is -0.973. The van der Waals surface area contributed by atoms with Crippen LogP contribution in [-0.4, -0.2) is 27.5 Å². The topological polar surface area (TPSA) is 64.3 Å². The fourth-order valence-electron chi connectivity index (χ4n) is 1.51. The molecule has 5 nitrogen and oxygen atoms in total. The zero-order chi connectivity index (χ0) is 11.4. The molecule has 0 aliphatic rings. The summed E-state index contributed by atoms with van der Waals surface area (Å²) >= 11 is 0. The van der Waals surface area contributed by atoms with E-state index in [0.29, 0.717) is 18.6 Å². The Bertz CT molecular complexity index is 346. The second-order valence-corrected chi connectivity index (χ2v) is 3.23. The molecule has 0 bridgehead atoms. The molecule has 0 amide bonds. The first-order valence-electron chi connectivity index (χ1n) is 4.96. The zero-order valence-corrected chi connectivity index (χ0v) is 9.23. The van der Waals surface area contributed by atoms with Gasteiger partial charge in [-0.25, -0.2) is 4.79 Å². The molecule has 1 unspecified atom stereocenters. The number of aromatic nitrogens is 2. The van der Waals surface area contributed by atoms with Crippen LogP contribution in [-0.2, 0) is 23.0 Å². The summed E-state index contributed by atoms with van der Waals surface area (Å²) in [5.41, 5.74) is 1.42. The summed E-state index contributed by atoms with van der Waals surface area (Å²) in [6, 6.07) is 0. The number of nitrogens with zero attached hydrogens (tertiary/aromatic N) is 2. The Kier molecular flexibility index (Phi) is 3.85. The maximum absolute atomic E-state index is 11.0. The molecule has 15 heavy (non-hydrogen) atoms.